The number of nitrogens with zero attached hydrogens (tertiary/aromatic N) is 1. The summed E-state index contributed by atoms with van der Waals surface area (Å²) in [5.74, 6) is -0.199. The van der Waals surface area contributed by atoms with Gasteiger partial charge in [-0.05, 0) is 35.4 Å². The van der Waals surface area contributed by atoms with Crippen LogP contribution in [0, 0.1) is 5.82 Å². The smallest absolute Gasteiger partial charge is 0.123 e. The number of morpholine rings is 1. The van der Waals surface area contributed by atoms with Crippen LogP contribution in [0.5, 0.6) is 0 Å². The van der Waals surface area contributed by atoms with Gasteiger partial charge >= 0.3 is 0 Å². The van der Waals surface area contributed by atoms with Crippen LogP contribution in [0.2, 0.25) is 0 Å². The second-order valence-corrected chi connectivity index (χ2v) is 4.66. The van der Waals surface area contributed by atoms with Crippen molar-refractivity contribution < 1.29 is 9.13 Å². The van der Waals surface area contributed by atoms with Crippen molar-refractivity contribution in [2.45, 2.75) is 0 Å². The third kappa shape index (κ3) is 2.76. The molecule has 0 atom stereocenters. The molecular formula is C16H16FNO. The summed E-state index contributed by atoms with van der Waals surface area (Å²) in [6, 6.07) is 14.9. The topological polar surface area (TPSA) is 12.5 Å². The zero-order chi connectivity index (χ0) is 13.1. The van der Waals surface area contributed by atoms with E-state index in [1.165, 1.54) is 11.8 Å². The van der Waals surface area contributed by atoms with Crippen LogP contribution in [0.25, 0.3) is 11.1 Å². The van der Waals surface area contributed by atoms with Crippen LogP contribution in [0.3, 0.4) is 0 Å². The summed E-state index contributed by atoms with van der Waals surface area (Å²) in [7, 11) is 0. The van der Waals surface area contributed by atoms with E-state index in [0.717, 1.165) is 37.4 Å². The van der Waals surface area contributed by atoms with Crippen molar-refractivity contribution in [1.82, 2.24) is 0 Å². The highest BCUT2D eigenvalue weighted by Crippen LogP contribution is 2.24. The van der Waals surface area contributed by atoms with E-state index >= 15 is 0 Å². The summed E-state index contributed by atoms with van der Waals surface area (Å²) >= 11 is 0. The first-order valence-electron chi connectivity index (χ1n) is 6.52. The van der Waals surface area contributed by atoms with Gasteiger partial charge in [0.15, 0.2) is 0 Å². The average Bonchev–Trinajstić information content (AvgIpc) is 2.48. The Morgan fingerprint density at radius 2 is 1.63 bits per heavy atom. The number of anilines is 1. The van der Waals surface area contributed by atoms with Crippen LogP contribution in [0.4, 0.5) is 10.1 Å². The van der Waals surface area contributed by atoms with Gasteiger partial charge in [-0.2, -0.15) is 0 Å². The van der Waals surface area contributed by atoms with Gasteiger partial charge in [-0.25, -0.2) is 4.39 Å². The van der Waals surface area contributed by atoms with Crippen molar-refractivity contribution in [3.63, 3.8) is 0 Å². The molecule has 98 valence electrons. The molecule has 0 spiro atoms. The van der Waals surface area contributed by atoms with Gasteiger partial charge in [0.05, 0.1) is 13.2 Å². The maximum Gasteiger partial charge on any atom is 0.123 e. The summed E-state index contributed by atoms with van der Waals surface area (Å²) in [6.07, 6.45) is 0. The van der Waals surface area contributed by atoms with Gasteiger partial charge in [0.2, 0.25) is 0 Å². The molecule has 0 unspecified atom stereocenters. The van der Waals surface area contributed by atoms with E-state index < -0.39 is 0 Å². The van der Waals surface area contributed by atoms with Gasteiger partial charge in [-0.15, -0.1) is 0 Å². The van der Waals surface area contributed by atoms with Crippen LogP contribution < -0.4 is 4.90 Å². The Balaban J connectivity index is 1.82. The average molecular weight is 257 g/mol. The monoisotopic (exact) mass is 257 g/mol. The van der Waals surface area contributed by atoms with Gasteiger partial charge in [0.25, 0.3) is 0 Å². The second kappa shape index (κ2) is 5.41. The minimum Gasteiger partial charge on any atom is -0.378 e. The molecular weight excluding hydrogens is 241 g/mol. The van der Waals surface area contributed by atoms with E-state index in [4.69, 9.17) is 4.74 Å². The van der Waals surface area contributed by atoms with Crippen molar-refractivity contribution in [1.29, 1.82) is 0 Å². The Hall–Kier alpha value is -1.87. The number of rotatable bonds is 2. The van der Waals surface area contributed by atoms with E-state index in [9.17, 15) is 4.39 Å². The number of ether oxygens (including phenoxy) is 1. The minimum absolute atomic E-state index is 0.199. The fourth-order valence-corrected chi connectivity index (χ4v) is 2.35. The van der Waals surface area contributed by atoms with Crippen molar-refractivity contribution in [2.75, 3.05) is 31.2 Å². The Bertz CT molecular complexity index is 547. The molecule has 2 aromatic carbocycles. The maximum absolute atomic E-state index is 13.2. The lowest BCUT2D eigenvalue weighted by atomic mass is 10.1. The lowest BCUT2D eigenvalue weighted by molar-refractivity contribution is 0.122. The Labute approximate surface area is 112 Å². The fourth-order valence-electron chi connectivity index (χ4n) is 2.35. The first-order valence-corrected chi connectivity index (χ1v) is 6.52. The normalized spacial score (nSPS) is 15.5. The summed E-state index contributed by atoms with van der Waals surface area (Å²) in [6.45, 7) is 3.43. The first kappa shape index (κ1) is 12.2. The fraction of sp³-hybridized carbons (Fsp3) is 0.250. The predicted molar refractivity (Wildman–Crippen MR) is 74.9 cm³/mol. The highest BCUT2D eigenvalue weighted by molar-refractivity contribution is 5.66. The molecule has 0 saturated carbocycles. The molecule has 0 amide bonds. The molecule has 19 heavy (non-hydrogen) atoms. The van der Waals surface area contributed by atoms with Crippen molar-refractivity contribution in [2.24, 2.45) is 0 Å². The molecule has 1 fully saturated rings. The van der Waals surface area contributed by atoms with E-state index in [2.05, 4.69) is 17.0 Å². The molecule has 1 saturated heterocycles. The van der Waals surface area contributed by atoms with Gasteiger partial charge in [0.1, 0.15) is 5.82 Å². The number of benzene rings is 2. The summed E-state index contributed by atoms with van der Waals surface area (Å²) < 4.78 is 18.5. The molecule has 3 heteroatoms. The molecule has 0 aromatic heterocycles. The van der Waals surface area contributed by atoms with E-state index in [1.54, 1.807) is 12.1 Å². The largest absolute Gasteiger partial charge is 0.378 e. The van der Waals surface area contributed by atoms with E-state index in [-0.39, 0.29) is 5.82 Å². The lowest BCUT2D eigenvalue weighted by Gasteiger charge is -2.28. The molecule has 1 heterocycles. The zero-order valence-corrected chi connectivity index (χ0v) is 10.7. The Kier molecular flexibility index (Phi) is 3.47. The number of hydrogen-bond donors (Lipinski definition) is 0. The van der Waals surface area contributed by atoms with Crippen molar-refractivity contribution in [3.8, 4) is 11.1 Å². The van der Waals surface area contributed by atoms with Gasteiger partial charge < -0.3 is 9.64 Å². The van der Waals surface area contributed by atoms with Gasteiger partial charge in [-0.1, -0.05) is 24.3 Å². The second-order valence-electron chi connectivity index (χ2n) is 4.66. The first-order chi connectivity index (χ1) is 9.33. The molecule has 1 aliphatic heterocycles. The van der Waals surface area contributed by atoms with Crippen LogP contribution in [0.1, 0.15) is 0 Å². The molecule has 0 aliphatic carbocycles. The molecule has 2 nitrogen and oxygen atoms in total. The van der Waals surface area contributed by atoms with Crippen molar-refractivity contribution >= 4 is 5.69 Å². The number of halogens is 1. The highest BCUT2D eigenvalue weighted by Gasteiger charge is 2.10. The van der Waals surface area contributed by atoms with Crippen LogP contribution in [0.15, 0.2) is 48.5 Å². The highest BCUT2D eigenvalue weighted by atomic mass is 19.1. The van der Waals surface area contributed by atoms with Crippen LogP contribution in [-0.4, -0.2) is 26.3 Å². The molecule has 1 aliphatic rings. The summed E-state index contributed by atoms with van der Waals surface area (Å²) in [4.78, 5) is 2.30. The lowest BCUT2D eigenvalue weighted by Crippen LogP contribution is -2.36. The SMILES string of the molecule is Fc1cccc(-c2ccc(N3CCOCC3)cc2)c1. The minimum atomic E-state index is -0.199. The summed E-state index contributed by atoms with van der Waals surface area (Å²) in [5, 5.41) is 0. The predicted octanol–water partition coefficient (Wildman–Crippen LogP) is 3.33. The van der Waals surface area contributed by atoms with Gasteiger partial charge in [0, 0.05) is 18.8 Å². The standard InChI is InChI=1S/C16H16FNO/c17-15-3-1-2-14(12-15)13-4-6-16(7-5-13)18-8-10-19-11-9-18/h1-7,12H,8-11H2. The number of hydrogen-bond acceptors (Lipinski definition) is 2. The third-order valence-electron chi connectivity index (χ3n) is 3.40. The van der Waals surface area contributed by atoms with Crippen molar-refractivity contribution in [3.05, 3.63) is 54.3 Å². The molecule has 2 aromatic rings. The van der Waals surface area contributed by atoms with Crippen LogP contribution in [-0.2, 0) is 4.74 Å². The quantitative estimate of drug-likeness (QED) is 0.818. The van der Waals surface area contributed by atoms with Crippen LogP contribution >= 0.6 is 0 Å². The molecule has 3 rings (SSSR count). The molecule has 0 bridgehead atoms. The molecule has 0 N–H and O–H groups in total. The zero-order valence-electron chi connectivity index (χ0n) is 10.7. The van der Waals surface area contributed by atoms with E-state index in [1.807, 2.05) is 18.2 Å². The third-order valence-corrected chi connectivity index (χ3v) is 3.40. The van der Waals surface area contributed by atoms with Gasteiger partial charge in [-0.3, -0.25) is 0 Å². The Morgan fingerprint density at radius 3 is 2.32 bits per heavy atom. The molecule has 0 radical (unpaired) electrons. The van der Waals surface area contributed by atoms with E-state index in [0.29, 0.717) is 0 Å². The summed E-state index contributed by atoms with van der Waals surface area (Å²) in [5.41, 5.74) is 3.15. The Morgan fingerprint density at radius 1 is 0.895 bits per heavy atom. The maximum atomic E-state index is 13.2.